The van der Waals surface area contributed by atoms with Gasteiger partial charge in [-0.3, -0.25) is 0 Å². The predicted molar refractivity (Wildman–Crippen MR) is 80.3 cm³/mol. The molecule has 1 aromatic carbocycles. The number of benzene rings is 1. The zero-order valence-electron chi connectivity index (χ0n) is 11.9. The van der Waals surface area contributed by atoms with Crippen molar-refractivity contribution in [1.29, 1.82) is 0 Å². The minimum Gasteiger partial charge on any atom is -0.378 e. The SMILES string of the molecule is CCCc1ccc(NCc2nccn2CCC)cc1. The third kappa shape index (κ3) is 3.85. The molecule has 0 fully saturated rings. The molecule has 0 bridgehead atoms. The summed E-state index contributed by atoms with van der Waals surface area (Å²) in [5.74, 6) is 1.10. The van der Waals surface area contributed by atoms with E-state index in [1.165, 1.54) is 12.0 Å². The van der Waals surface area contributed by atoms with Gasteiger partial charge < -0.3 is 9.88 Å². The van der Waals surface area contributed by atoms with Crippen LogP contribution in [0.4, 0.5) is 5.69 Å². The van der Waals surface area contributed by atoms with Gasteiger partial charge in [-0.15, -0.1) is 0 Å². The van der Waals surface area contributed by atoms with Crippen molar-refractivity contribution in [1.82, 2.24) is 9.55 Å². The van der Waals surface area contributed by atoms with Gasteiger partial charge >= 0.3 is 0 Å². The highest BCUT2D eigenvalue weighted by atomic mass is 15.1. The van der Waals surface area contributed by atoms with Crippen LogP contribution in [0.2, 0.25) is 0 Å². The summed E-state index contributed by atoms with van der Waals surface area (Å²) >= 11 is 0. The highest BCUT2D eigenvalue weighted by Gasteiger charge is 2.01. The summed E-state index contributed by atoms with van der Waals surface area (Å²) in [4.78, 5) is 4.40. The van der Waals surface area contributed by atoms with Gasteiger partial charge in [0.2, 0.25) is 0 Å². The monoisotopic (exact) mass is 257 g/mol. The van der Waals surface area contributed by atoms with Crippen LogP contribution in [0.3, 0.4) is 0 Å². The van der Waals surface area contributed by atoms with Crippen LogP contribution in [0.5, 0.6) is 0 Å². The van der Waals surface area contributed by atoms with Crippen molar-refractivity contribution >= 4 is 5.69 Å². The zero-order valence-corrected chi connectivity index (χ0v) is 11.9. The molecule has 0 aliphatic heterocycles. The second-order valence-corrected chi connectivity index (χ2v) is 4.84. The van der Waals surface area contributed by atoms with Gasteiger partial charge in [-0.25, -0.2) is 4.98 Å². The lowest BCUT2D eigenvalue weighted by Gasteiger charge is -2.09. The molecule has 0 amide bonds. The molecule has 1 aromatic heterocycles. The molecular weight excluding hydrogens is 234 g/mol. The van der Waals surface area contributed by atoms with Gasteiger partial charge in [0.05, 0.1) is 6.54 Å². The largest absolute Gasteiger partial charge is 0.378 e. The third-order valence-corrected chi connectivity index (χ3v) is 3.21. The molecule has 102 valence electrons. The van der Waals surface area contributed by atoms with Crippen LogP contribution in [0.15, 0.2) is 36.7 Å². The first-order chi connectivity index (χ1) is 9.33. The summed E-state index contributed by atoms with van der Waals surface area (Å²) in [6, 6.07) is 8.70. The predicted octanol–water partition coefficient (Wildman–Crippen LogP) is 3.86. The second kappa shape index (κ2) is 6.98. The smallest absolute Gasteiger partial charge is 0.128 e. The zero-order chi connectivity index (χ0) is 13.5. The van der Waals surface area contributed by atoms with Gasteiger partial charge in [0, 0.05) is 24.6 Å². The van der Waals surface area contributed by atoms with E-state index in [1.807, 2.05) is 12.4 Å². The molecule has 0 aliphatic rings. The lowest BCUT2D eigenvalue weighted by atomic mass is 10.1. The third-order valence-electron chi connectivity index (χ3n) is 3.21. The van der Waals surface area contributed by atoms with Crippen molar-refractivity contribution in [2.45, 2.75) is 46.2 Å². The highest BCUT2D eigenvalue weighted by Crippen LogP contribution is 2.12. The molecular formula is C16H23N3. The Kier molecular flexibility index (Phi) is 5.01. The number of anilines is 1. The molecule has 1 N–H and O–H groups in total. The first-order valence-corrected chi connectivity index (χ1v) is 7.16. The Balaban J connectivity index is 1.92. The van der Waals surface area contributed by atoms with Crippen molar-refractivity contribution in [3.63, 3.8) is 0 Å². The van der Waals surface area contributed by atoms with Gasteiger partial charge in [-0.05, 0) is 30.5 Å². The Labute approximate surface area is 115 Å². The lowest BCUT2D eigenvalue weighted by molar-refractivity contribution is 0.644. The fourth-order valence-corrected chi connectivity index (χ4v) is 2.21. The summed E-state index contributed by atoms with van der Waals surface area (Å²) in [6.45, 7) is 6.20. The average Bonchev–Trinajstić information content (AvgIpc) is 2.86. The molecule has 0 saturated carbocycles. The minimum absolute atomic E-state index is 0.778. The van der Waals surface area contributed by atoms with E-state index in [1.54, 1.807) is 0 Å². The van der Waals surface area contributed by atoms with Crippen molar-refractivity contribution in [3.8, 4) is 0 Å². The normalized spacial score (nSPS) is 10.6. The molecule has 0 spiro atoms. The van der Waals surface area contributed by atoms with Gasteiger partial charge in [-0.1, -0.05) is 32.4 Å². The van der Waals surface area contributed by atoms with Crippen molar-refractivity contribution in [3.05, 3.63) is 48.0 Å². The Morgan fingerprint density at radius 3 is 2.58 bits per heavy atom. The van der Waals surface area contributed by atoms with E-state index in [-0.39, 0.29) is 0 Å². The number of hydrogen-bond acceptors (Lipinski definition) is 2. The fourth-order valence-electron chi connectivity index (χ4n) is 2.21. The van der Waals surface area contributed by atoms with E-state index in [9.17, 15) is 0 Å². The molecule has 0 radical (unpaired) electrons. The first kappa shape index (κ1) is 13.7. The Morgan fingerprint density at radius 1 is 1.11 bits per heavy atom. The van der Waals surface area contributed by atoms with Crippen LogP contribution in [-0.4, -0.2) is 9.55 Å². The van der Waals surface area contributed by atoms with Gasteiger partial charge in [0.25, 0.3) is 0 Å². The van der Waals surface area contributed by atoms with E-state index >= 15 is 0 Å². The van der Waals surface area contributed by atoms with E-state index in [2.05, 4.69) is 53.0 Å². The summed E-state index contributed by atoms with van der Waals surface area (Å²) in [6.07, 6.45) is 7.40. The molecule has 0 saturated heterocycles. The number of hydrogen-bond donors (Lipinski definition) is 1. The maximum absolute atomic E-state index is 4.40. The maximum atomic E-state index is 4.40. The van der Waals surface area contributed by atoms with Crippen molar-refractivity contribution in [2.24, 2.45) is 0 Å². The van der Waals surface area contributed by atoms with Crippen LogP contribution in [0.1, 0.15) is 38.1 Å². The summed E-state index contributed by atoms with van der Waals surface area (Å²) in [5, 5.41) is 3.43. The van der Waals surface area contributed by atoms with Crippen molar-refractivity contribution < 1.29 is 0 Å². The number of nitrogens with one attached hydrogen (secondary N) is 1. The average molecular weight is 257 g/mol. The van der Waals surface area contributed by atoms with Gasteiger partial charge in [0.1, 0.15) is 5.82 Å². The molecule has 3 heteroatoms. The van der Waals surface area contributed by atoms with Gasteiger partial charge in [-0.2, -0.15) is 0 Å². The fraction of sp³-hybridized carbons (Fsp3) is 0.438. The summed E-state index contributed by atoms with van der Waals surface area (Å²) in [5.41, 5.74) is 2.56. The summed E-state index contributed by atoms with van der Waals surface area (Å²) in [7, 11) is 0. The number of aryl methyl sites for hydroxylation is 2. The Morgan fingerprint density at radius 2 is 1.89 bits per heavy atom. The summed E-state index contributed by atoms with van der Waals surface area (Å²) < 4.78 is 2.21. The van der Waals surface area contributed by atoms with Crippen LogP contribution >= 0.6 is 0 Å². The second-order valence-electron chi connectivity index (χ2n) is 4.84. The molecule has 2 rings (SSSR count). The van der Waals surface area contributed by atoms with Gasteiger partial charge in [0.15, 0.2) is 0 Å². The molecule has 3 nitrogen and oxygen atoms in total. The minimum atomic E-state index is 0.778. The first-order valence-electron chi connectivity index (χ1n) is 7.16. The highest BCUT2D eigenvalue weighted by molar-refractivity contribution is 5.44. The van der Waals surface area contributed by atoms with Crippen LogP contribution in [-0.2, 0) is 19.5 Å². The van der Waals surface area contributed by atoms with Crippen LogP contribution in [0.25, 0.3) is 0 Å². The van der Waals surface area contributed by atoms with Crippen molar-refractivity contribution in [2.75, 3.05) is 5.32 Å². The molecule has 0 aliphatic carbocycles. The quantitative estimate of drug-likeness (QED) is 0.816. The number of nitrogens with zero attached hydrogens (tertiary/aromatic N) is 2. The molecule has 2 aromatic rings. The van der Waals surface area contributed by atoms with Crippen LogP contribution < -0.4 is 5.32 Å². The number of imidazole rings is 1. The van der Waals surface area contributed by atoms with E-state index in [0.29, 0.717) is 0 Å². The Hall–Kier alpha value is -1.77. The maximum Gasteiger partial charge on any atom is 0.128 e. The molecule has 0 atom stereocenters. The molecule has 19 heavy (non-hydrogen) atoms. The molecule has 0 unspecified atom stereocenters. The number of rotatable bonds is 7. The van der Waals surface area contributed by atoms with E-state index in [4.69, 9.17) is 0 Å². The standard InChI is InChI=1S/C16H23N3/c1-3-5-14-6-8-15(9-7-14)18-13-16-17-10-12-19(16)11-4-2/h6-10,12,18H,3-5,11,13H2,1-2H3. The van der Waals surface area contributed by atoms with Crippen LogP contribution in [0, 0.1) is 0 Å². The lowest BCUT2D eigenvalue weighted by Crippen LogP contribution is -2.08. The topological polar surface area (TPSA) is 29.9 Å². The van der Waals surface area contributed by atoms with E-state index in [0.717, 1.165) is 37.4 Å². The molecule has 1 heterocycles. The Bertz CT molecular complexity index is 485. The van der Waals surface area contributed by atoms with E-state index < -0.39 is 0 Å². The number of aromatic nitrogens is 2.